The Morgan fingerprint density at radius 1 is 0.314 bits per heavy atom. The Morgan fingerprint density at radius 3 is 0.886 bits per heavy atom. The summed E-state index contributed by atoms with van der Waals surface area (Å²) >= 11 is 0. The van der Waals surface area contributed by atoms with Gasteiger partial charge in [-0.05, 0) is 136 Å². The highest BCUT2D eigenvalue weighted by molar-refractivity contribution is 5.56. The third-order valence-electron chi connectivity index (χ3n) is 14.0. The third-order valence-corrected chi connectivity index (χ3v) is 14.0. The van der Waals surface area contributed by atoms with E-state index in [-0.39, 0.29) is 87.8 Å². The Hall–Kier alpha value is -6.66. The Morgan fingerprint density at radius 2 is 0.600 bits per heavy atom. The first-order chi connectivity index (χ1) is 32.6. The average molecular weight is 939 g/mol. The van der Waals surface area contributed by atoms with Crippen LogP contribution < -0.4 is 0 Å². The van der Waals surface area contributed by atoms with Crippen LogP contribution in [0.1, 0.15) is 172 Å². The highest BCUT2D eigenvalue weighted by Crippen LogP contribution is 2.42. The first kappa shape index (κ1) is 51.2. The molecule has 0 saturated heterocycles. The van der Waals surface area contributed by atoms with E-state index in [0.29, 0.717) is 50.9 Å². The van der Waals surface area contributed by atoms with E-state index in [4.69, 9.17) is 0 Å². The van der Waals surface area contributed by atoms with E-state index in [0.717, 1.165) is 38.9 Å². The number of aromatic hydroxyl groups is 6. The zero-order valence-electron chi connectivity index (χ0n) is 43.4. The zero-order valence-corrected chi connectivity index (χ0v) is 43.4. The van der Waals surface area contributed by atoms with E-state index in [1.165, 1.54) is 0 Å². The summed E-state index contributed by atoms with van der Waals surface area (Å²) in [7, 11) is 0. The van der Waals surface area contributed by atoms with Crippen LogP contribution in [0, 0.1) is 0 Å². The quantitative estimate of drug-likeness (QED) is 0.0726. The third kappa shape index (κ3) is 11.8. The molecule has 0 aliphatic heterocycles. The molecule has 0 aliphatic rings. The van der Waals surface area contributed by atoms with Gasteiger partial charge in [-0.3, -0.25) is 0 Å². The summed E-state index contributed by atoms with van der Waals surface area (Å²) in [6.07, 6.45) is 1.56. The van der Waals surface area contributed by atoms with Crippen molar-refractivity contribution < 1.29 is 30.6 Å². The van der Waals surface area contributed by atoms with Crippen LogP contribution in [0.15, 0.2) is 127 Å². The van der Waals surface area contributed by atoms with Gasteiger partial charge in [-0.1, -0.05) is 186 Å². The SMILES string of the molecule is CC(C)(C)c1ccc(O)c(Cc2cc(CC(c3ccccc3)c3cc(Cc4cc(C(C)(C)C)ccc4O)c(O)c(Cc4cc(C(C)(C)C)ccc4O)c3)cc(Cc3cc(C(C)(C)C)ccc3O)c2O)c1. The molecule has 0 fully saturated rings. The molecule has 0 radical (unpaired) electrons. The maximum atomic E-state index is 12.4. The van der Waals surface area contributed by atoms with Gasteiger partial charge < -0.3 is 30.6 Å². The summed E-state index contributed by atoms with van der Waals surface area (Å²) in [6, 6.07) is 41.3. The molecule has 0 aliphatic carbocycles. The molecule has 0 aromatic heterocycles. The van der Waals surface area contributed by atoms with Gasteiger partial charge in [-0.25, -0.2) is 0 Å². The van der Waals surface area contributed by atoms with Crippen LogP contribution in [0.25, 0.3) is 0 Å². The molecule has 1 unspecified atom stereocenters. The van der Waals surface area contributed by atoms with E-state index >= 15 is 0 Å². The summed E-state index contributed by atoms with van der Waals surface area (Å²) in [5.41, 5.74) is 11.9. The monoisotopic (exact) mass is 939 g/mol. The van der Waals surface area contributed by atoms with Crippen molar-refractivity contribution in [2.45, 2.75) is 143 Å². The molecule has 0 amide bonds. The second-order valence-corrected chi connectivity index (χ2v) is 23.7. The van der Waals surface area contributed by atoms with E-state index in [1.54, 1.807) is 24.3 Å². The van der Waals surface area contributed by atoms with Crippen molar-refractivity contribution >= 4 is 0 Å². The first-order valence-corrected chi connectivity index (χ1v) is 24.7. The van der Waals surface area contributed by atoms with Gasteiger partial charge in [-0.15, -0.1) is 0 Å². The maximum absolute atomic E-state index is 12.4. The average Bonchev–Trinajstić information content (AvgIpc) is 3.27. The van der Waals surface area contributed by atoms with Gasteiger partial charge >= 0.3 is 0 Å². The van der Waals surface area contributed by atoms with Gasteiger partial charge in [0.1, 0.15) is 34.5 Å². The minimum atomic E-state index is -0.260. The van der Waals surface area contributed by atoms with Crippen LogP contribution in [0.2, 0.25) is 0 Å². The molecule has 1 atom stereocenters. The van der Waals surface area contributed by atoms with E-state index < -0.39 is 0 Å². The van der Waals surface area contributed by atoms with Crippen LogP contribution in [-0.2, 0) is 53.8 Å². The van der Waals surface area contributed by atoms with Gasteiger partial charge in [0, 0.05) is 31.6 Å². The fraction of sp³-hybridized carbons (Fsp3) is 0.344. The molecule has 7 rings (SSSR count). The van der Waals surface area contributed by atoms with Crippen molar-refractivity contribution in [1.82, 2.24) is 0 Å². The van der Waals surface area contributed by atoms with Crippen LogP contribution in [0.5, 0.6) is 34.5 Å². The highest BCUT2D eigenvalue weighted by Gasteiger charge is 2.26. The number of rotatable bonds is 12. The van der Waals surface area contributed by atoms with Crippen molar-refractivity contribution in [3.63, 3.8) is 0 Å². The largest absolute Gasteiger partial charge is 0.508 e. The standard InChI is InChI=1S/C64H74O6/c1-61(2,3)50-18-22-55(65)42(35-50)31-46-26-39(27-47(59(46)69)32-43-36-51(62(4,5)6)19-23-56(43)66)28-54(40-16-14-13-15-17-40)41-29-48(33-44-37-52(63(7,8)9)20-24-57(44)67)60(70)49(30-41)34-45-38-53(64(10,11)12)21-25-58(45)68/h13-27,29-30,35-38,54,65-70H,28,31-34H2,1-12H3. The summed E-state index contributed by atoms with van der Waals surface area (Å²) in [5.74, 6) is 0.571. The van der Waals surface area contributed by atoms with Gasteiger partial charge in [-0.2, -0.15) is 0 Å². The Kier molecular flexibility index (Phi) is 14.3. The Balaban J connectivity index is 1.43. The molecule has 0 heterocycles. The maximum Gasteiger partial charge on any atom is 0.122 e. The number of phenols is 6. The van der Waals surface area contributed by atoms with Crippen LogP contribution in [0.4, 0.5) is 0 Å². The summed E-state index contributed by atoms with van der Waals surface area (Å²) in [4.78, 5) is 0. The van der Waals surface area contributed by atoms with Crippen molar-refractivity contribution in [2.75, 3.05) is 0 Å². The molecule has 0 spiro atoms. The van der Waals surface area contributed by atoms with Crippen LogP contribution in [0.3, 0.4) is 0 Å². The van der Waals surface area contributed by atoms with E-state index in [9.17, 15) is 30.6 Å². The highest BCUT2D eigenvalue weighted by atomic mass is 16.3. The molecule has 6 heteroatoms. The van der Waals surface area contributed by atoms with Gasteiger partial charge in [0.2, 0.25) is 0 Å². The first-order valence-electron chi connectivity index (χ1n) is 24.7. The molecule has 6 N–H and O–H groups in total. The molecule has 7 aromatic carbocycles. The zero-order chi connectivity index (χ0) is 51.1. The molecule has 0 saturated carbocycles. The molecule has 366 valence electrons. The minimum absolute atomic E-state index is 0.112. The van der Waals surface area contributed by atoms with Crippen molar-refractivity contribution in [3.8, 4) is 34.5 Å². The smallest absolute Gasteiger partial charge is 0.122 e. The molecular formula is C64H74O6. The molecular weight excluding hydrogens is 865 g/mol. The number of hydrogen-bond acceptors (Lipinski definition) is 6. The van der Waals surface area contributed by atoms with Crippen LogP contribution in [-0.4, -0.2) is 30.6 Å². The second-order valence-electron chi connectivity index (χ2n) is 23.7. The summed E-state index contributed by atoms with van der Waals surface area (Å²) in [5, 5.41) is 69.8. The lowest BCUT2D eigenvalue weighted by Crippen LogP contribution is -2.12. The fourth-order valence-electron chi connectivity index (χ4n) is 9.42. The Labute approximate surface area is 417 Å². The normalized spacial score (nSPS) is 12.9. The van der Waals surface area contributed by atoms with E-state index in [2.05, 4.69) is 107 Å². The van der Waals surface area contributed by atoms with Crippen molar-refractivity contribution in [1.29, 1.82) is 0 Å². The van der Waals surface area contributed by atoms with Crippen molar-refractivity contribution in [2.24, 2.45) is 0 Å². The molecule has 7 aromatic rings. The number of benzene rings is 7. The summed E-state index contributed by atoms with van der Waals surface area (Å²) in [6.45, 7) is 25.7. The number of phenolic OH excluding ortho intramolecular Hbond substituents is 6. The lowest BCUT2D eigenvalue weighted by molar-refractivity contribution is 0.454. The fourth-order valence-corrected chi connectivity index (χ4v) is 9.42. The van der Waals surface area contributed by atoms with Crippen LogP contribution >= 0.6 is 0 Å². The topological polar surface area (TPSA) is 121 Å². The molecule has 6 nitrogen and oxygen atoms in total. The lowest BCUT2D eigenvalue weighted by atomic mass is 9.81. The van der Waals surface area contributed by atoms with E-state index in [1.807, 2.05) is 78.9 Å². The predicted octanol–water partition coefficient (Wildman–Crippen LogP) is 14.8. The Bertz CT molecular complexity index is 2830. The predicted molar refractivity (Wildman–Crippen MR) is 287 cm³/mol. The number of hydrogen-bond donors (Lipinski definition) is 6. The minimum Gasteiger partial charge on any atom is -0.508 e. The second kappa shape index (κ2) is 19.6. The van der Waals surface area contributed by atoms with Crippen molar-refractivity contribution in [3.05, 3.63) is 211 Å². The molecule has 0 bridgehead atoms. The van der Waals surface area contributed by atoms with Gasteiger partial charge in [0.15, 0.2) is 0 Å². The lowest BCUT2D eigenvalue weighted by Gasteiger charge is -2.24. The molecule has 70 heavy (non-hydrogen) atoms. The van der Waals surface area contributed by atoms with Gasteiger partial charge in [0.05, 0.1) is 0 Å². The van der Waals surface area contributed by atoms with Gasteiger partial charge in [0.25, 0.3) is 0 Å². The summed E-state index contributed by atoms with van der Waals surface area (Å²) < 4.78 is 0.